The van der Waals surface area contributed by atoms with Gasteiger partial charge in [-0.15, -0.1) is 0 Å². The van der Waals surface area contributed by atoms with Crippen LogP contribution in [0.25, 0.3) is 55.3 Å². The van der Waals surface area contributed by atoms with Crippen molar-refractivity contribution in [2.45, 2.75) is 64.2 Å². The van der Waals surface area contributed by atoms with Crippen LogP contribution in [0.2, 0.25) is 0 Å². The van der Waals surface area contributed by atoms with E-state index in [4.69, 9.17) is 0 Å². The SMILES string of the molecule is Cc1ccccc1-c1c(-c2ccc(N(c3ccc(-c4ccc(C5CCCCC5)cc4)cc3)c3ccc4c(c3)C(C)(C)c3ccccc3-4)cc2)ccc2ccccc12. The summed E-state index contributed by atoms with van der Waals surface area (Å²) in [4.78, 5) is 2.43. The largest absolute Gasteiger partial charge is 0.310 e. The second-order valence-electron chi connectivity index (χ2n) is 16.8. The summed E-state index contributed by atoms with van der Waals surface area (Å²) in [6, 6.07) is 65.9. The third-order valence-corrected chi connectivity index (χ3v) is 13.1. The minimum absolute atomic E-state index is 0.0901. The van der Waals surface area contributed by atoms with Crippen molar-refractivity contribution in [1.82, 2.24) is 0 Å². The summed E-state index contributed by atoms with van der Waals surface area (Å²) in [7, 11) is 0. The molecule has 0 aliphatic heterocycles. The summed E-state index contributed by atoms with van der Waals surface area (Å²) >= 11 is 0. The van der Waals surface area contributed by atoms with Crippen LogP contribution in [-0.4, -0.2) is 0 Å². The van der Waals surface area contributed by atoms with Gasteiger partial charge in [0.25, 0.3) is 0 Å². The van der Waals surface area contributed by atoms with E-state index in [-0.39, 0.29) is 5.41 Å². The molecule has 0 atom stereocenters. The summed E-state index contributed by atoms with van der Waals surface area (Å²) in [5.41, 5.74) is 19.1. The third kappa shape index (κ3) is 6.27. The number of hydrogen-bond donors (Lipinski definition) is 0. The number of hydrogen-bond acceptors (Lipinski definition) is 1. The lowest BCUT2D eigenvalue weighted by Gasteiger charge is -2.28. The molecule has 0 saturated heterocycles. The van der Waals surface area contributed by atoms with Crippen molar-refractivity contribution in [2.24, 2.45) is 0 Å². The summed E-state index contributed by atoms with van der Waals surface area (Å²) in [6.45, 7) is 6.95. The van der Waals surface area contributed by atoms with Crippen LogP contribution in [0.5, 0.6) is 0 Å². The molecule has 8 aromatic rings. The molecule has 1 heteroatoms. The third-order valence-electron chi connectivity index (χ3n) is 13.1. The number of anilines is 3. The second-order valence-corrected chi connectivity index (χ2v) is 16.8. The smallest absolute Gasteiger partial charge is 0.0465 e. The van der Waals surface area contributed by atoms with Crippen LogP contribution in [0, 0.1) is 6.92 Å². The van der Waals surface area contributed by atoms with Crippen LogP contribution < -0.4 is 4.90 Å². The van der Waals surface area contributed by atoms with E-state index in [0.717, 1.165) is 17.3 Å². The van der Waals surface area contributed by atoms with Gasteiger partial charge in [-0.05, 0) is 140 Å². The molecular formula is C56H49N. The van der Waals surface area contributed by atoms with Gasteiger partial charge in [0.05, 0.1) is 0 Å². The fourth-order valence-electron chi connectivity index (χ4n) is 9.91. The van der Waals surface area contributed by atoms with Gasteiger partial charge < -0.3 is 4.90 Å². The predicted molar refractivity (Wildman–Crippen MR) is 243 cm³/mol. The Morgan fingerprint density at radius 2 is 1.02 bits per heavy atom. The Kier molecular flexibility index (Phi) is 8.90. The molecule has 8 aromatic carbocycles. The van der Waals surface area contributed by atoms with E-state index in [2.05, 4.69) is 202 Å². The van der Waals surface area contributed by atoms with E-state index < -0.39 is 0 Å². The first kappa shape index (κ1) is 35.2. The minimum Gasteiger partial charge on any atom is -0.310 e. The Morgan fingerprint density at radius 1 is 0.456 bits per heavy atom. The van der Waals surface area contributed by atoms with Crippen LogP contribution in [0.3, 0.4) is 0 Å². The van der Waals surface area contributed by atoms with Crippen molar-refractivity contribution in [3.63, 3.8) is 0 Å². The molecular weight excluding hydrogens is 687 g/mol. The Morgan fingerprint density at radius 3 is 1.74 bits per heavy atom. The molecule has 57 heavy (non-hydrogen) atoms. The molecule has 0 heterocycles. The van der Waals surface area contributed by atoms with Crippen molar-refractivity contribution >= 4 is 27.8 Å². The zero-order valence-corrected chi connectivity index (χ0v) is 33.3. The molecule has 1 fully saturated rings. The minimum atomic E-state index is -0.0901. The Bertz CT molecular complexity index is 2730. The highest BCUT2D eigenvalue weighted by Gasteiger charge is 2.35. The predicted octanol–water partition coefficient (Wildman–Crippen LogP) is 16.0. The van der Waals surface area contributed by atoms with E-state index in [1.165, 1.54) is 115 Å². The summed E-state index contributed by atoms with van der Waals surface area (Å²) in [6.07, 6.45) is 6.76. The maximum Gasteiger partial charge on any atom is 0.0465 e. The first-order valence-electron chi connectivity index (χ1n) is 20.9. The number of fused-ring (bicyclic) bond motifs is 4. The molecule has 2 aliphatic carbocycles. The fourth-order valence-corrected chi connectivity index (χ4v) is 9.91. The van der Waals surface area contributed by atoms with E-state index in [9.17, 15) is 0 Å². The molecule has 0 bridgehead atoms. The molecule has 0 unspecified atom stereocenters. The topological polar surface area (TPSA) is 3.24 Å². The summed E-state index contributed by atoms with van der Waals surface area (Å²) in [5, 5.41) is 2.54. The molecule has 0 N–H and O–H groups in total. The number of rotatable bonds is 7. The first-order chi connectivity index (χ1) is 27.9. The molecule has 1 saturated carbocycles. The molecule has 278 valence electrons. The van der Waals surface area contributed by atoms with E-state index in [0.29, 0.717) is 0 Å². The van der Waals surface area contributed by atoms with E-state index >= 15 is 0 Å². The maximum absolute atomic E-state index is 2.43. The van der Waals surface area contributed by atoms with Crippen LogP contribution in [0.4, 0.5) is 17.1 Å². The van der Waals surface area contributed by atoms with Gasteiger partial charge in [-0.2, -0.15) is 0 Å². The molecule has 0 spiro atoms. The van der Waals surface area contributed by atoms with Crippen molar-refractivity contribution in [3.8, 4) is 44.5 Å². The fraction of sp³-hybridized carbons (Fsp3) is 0.179. The summed E-state index contributed by atoms with van der Waals surface area (Å²) in [5.74, 6) is 0.718. The standard InChI is InChI=1S/C56H49N/c1-38-13-7-9-17-48(38)55-49-18-10-8-16-43(49)29-35-50(55)44-27-32-46(33-28-44)57(47-34-36-52-51-19-11-12-20-53(51)56(2,3)54(52)37-47)45-30-25-42(26-31-45)41-23-21-40(22-24-41)39-14-5-4-6-15-39/h7-13,16-37,39H,4-6,14-15H2,1-3H3. The van der Waals surface area contributed by atoms with Crippen LogP contribution in [0.15, 0.2) is 176 Å². The zero-order valence-electron chi connectivity index (χ0n) is 33.3. The summed E-state index contributed by atoms with van der Waals surface area (Å²) < 4.78 is 0. The van der Waals surface area contributed by atoms with Gasteiger partial charge in [0.15, 0.2) is 0 Å². The molecule has 0 radical (unpaired) electrons. The lowest BCUT2D eigenvalue weighted by atomic mass is 9.82. The quantitative estimate of drug-likeness (QED) is 0.158. The average Bonchev–Trinajstić information content (AvgIpc) is 3.50. The molecule has 0 aromatic heterocycles. The highest BCUT2D eigenvalue weighted by atomic mass is 15.1. The average molecular weight is 736 g/mol. The molecule has 0 amide bonds. The van der Waals surface area contributed by atoms with Crippen molar-refractivity contribution in [2.75, 3.05) is 4.90 Å². The van der Waals surface area contributed by atoms with Gasteiger partial charge >= 0.3 is 0 Å². The molecule has 2 aliphatic rings. The lowest BCUT2D eigenvalue weighted by Crippen LogP contribution is -2.16. The Hall–Kier alpha value is -6.18. The Balaban J connectivity index is 1.06. The van der Waals surface area contributed by atoms with Crippen molar-refractivity contribution in [3.05, 3.63) is 198 Å². The van der Waals surface area contributed by atoms with Crippen molar-refractivity contribution in [1.29, 1.82) is 0 Å². The molecule has 1 nitrogen and oxygen atoms in total. The lowest BCUT2D eigenvalue weighted by molar-refractivity contribution is 0.443. The highest BCUT2D eigenvalue weighted by Crippen LogP contribution is 2.51. The van der Waals surface area contributed by atoms with Crippen LogP contribution in [-0.2, 0) is 5.41 Å². The van der Waals surface area contributed by atoms with E-state index in [1.54, 1.807) is 0 Å². The number of benzene rings is 8. The Labute approximate surface area is 338 Å². The second kappa shape index (κ2) is 14.4. The van der Waals surface area contributed by atoms with Gasteiger partial charge in [0, 0.05) is 22.5 Å². The van der Waals surface area contributed by atoms with Gasteiger partial charge in [-0.1, -0.05) is 173 Å². The van der Waals surface area contributed by atoms with Crippen molar-refractivity contribution < 1.29 is 0 Å². The first-order valence-corrected chi connectivity index (χ1v) is 20.9. The van der Waals surface area contributed by atoms with Gasteiger partial charge in [-0.25, -0.2) is 0 Å². The van der Waals surface area contributed by atoms with Gasteiger partial charge in [0.1, 0.15) is 0 Å². The zero-order chi connectivity index (χ0) is 38.5. The maximum atomic E-state index is 2.43. The van der Waals surface area contributed by atoms with E-state index in [1.807, 2.05) is 0 Å². The number of nitrogens with zero attached hydrogens (tertiary/aromatic N) is 1. The highest BCUT2D eigenvalue weighted by molar-refractivity contribution is 6.05. The normalized spacial score (nSPS) is 14.6. The number of aryl methyl sites for hydroxylation is 1. The van der Waals surface area contributed by atoms with Crippen LogP contribution >= 0.6 is 0 Å². The van der Waals surface area contributed by atoms with Crippen LogP contribution in [0.1, 0.15) is 74.1 Å². The molecule has 10 rings (SSSR count). The van der Waals surface area contributed by atoms with Gasteiger partial charge in [0.2, 0.25) is 0 Å². The van der Waals surface area contributed by atoms with Gasteiger partial charge in [-0.3, -0.25) is 0 Å². The monoisotopic (exact) mass is 735 g/mol.